The van der Waals surface area contributed by atoms with E-state index in [1.807, 2.05) is 30.3 Å². The zero-order valence-corrected chi connectivity index (χ0v) is 16.3. The number of sulfonamides is 1. The molecular weight excluding hydrogens is 392 g/mol. The summed E-state index contributed by atoms with van der Waals surface area (Å²) < 4.78 is 31.0. The lowest BCUT2D eigenvalue weighted by Crippen LogP contribution is -2.13. The monoisotopic (exact) mass is 408 g/mol. The number of nitrogens with zero attached hydrogens (tertiary/aromatic N) is 2. The summed E-state index contributed by atoms with van der Waals surface area (Å²) in [5.41, 5.74) is 1.82. The summed E-state index contributed by atoms with van der Waals surface area (Å²) in [4.78, 5) is 3.89. The van der Waals surface area contributed by atoms with Crippen molar-refractivity contribution >= 4 is 44.0 Å². The summed E-state index contributed by atoms with van der Waals surface area (Å²) in [6.45, 7) is 2.07. The number of anilines is 2. The van der Waals surface area contributed by atoms with Crippen molar-refractivity contribution in [1.82, 2.24) is 9.36 Å². The molecule has 2 N–H and O–H groups in total. The van der Waals surface area contributed by atoms with Crippen molar-refractivity contribution in [1.29, 1.82) is 0 Å². The highest BCUT2D eigenvalue weighted by atomic mass is 35.5. The van der Waals surface area contributed by atoms with Crippen molar-refractivity contribution in [2.45, 2.75) is 24.3 Å². The molecule has 0 aliphatic rings. The van der Waals surface area contributed by atoms with E-state index in [9.17, 15) is 8.42 Å². The molecule has 0 amide bonds. The smallest absolute Gasteiger partial charge is 0.263 e. The first-order chi connectivity index (χ1) is 12.5. The molecule has 1 atom stereocenters. The van der Waals surface area contributed by atoms with Crippen LogP contribution in [-0.4, -0.2) is 17.8 Å². The third-order valence-corrected chi connectivity index (χ3v) is 6.13. The van der Waals surface area contributed by atoms with Crippen LogP contribution in [0.3, 0.4) is 0 Å². The summed E-state index contributed by atoms with van der Waals surface area (Å²) in [6.07, 6.45) is 2.15. The molecule has 3 rings (SSSR count). The number of hydrogen-bond acceptors (Lipinski definition) is 6. The van der Waals surface area contributed by atoms with Crippen molar-refractivity contribution in [3.05, 3.63) is 65.4 Å². The molecule has 2 aromatic carbocycles. The van der Waals surface area contributed by atoms with Crippen molar-refractivity contribution in [2.24, 2.45) is 0 Å². The zero-order valence-electron chi connectivity index (χ0n) is 13.9. The minimum atomic E-state index is -3.76. The number of hydrogen-bond donors (Lipinski definition) is 2. The van der Waals surface area contributed by atoms with Crippen molar-refractivity contribution in [3.8, 4) is 0 Å². The van der Waals surface area contributed by atoms with E-state index in [2.05, 4.69) is 26.3 Å². The van der Waals surface area contributed by atoms with Gasteiger partial charge in [-0.3, -0.25) is 4.72 Å². The molecule has 0 bridgehead atoms. The molecule has 0 spiro atoms. The Morgan fingerprint density at radius 1 is 1.19 bits per heavy atom. The molecule has 9 heteroatoms. The van der Waals surface area contributed by atoms with Crippen LogP contribution in [0.2, 0.25) is 5.02 Å². The third-order valence-electron chi connectivity index (χ3n) is 3.77. The van der Waals surface area contributed by atoms with Crippen molar-refractivity contribution < 1.29 is 8.42 Å². The first-order valence-corrected chi connectivity index (χ1v) is 10.5. The topological polar surface area (TPSA) is 84.0 Å². The van der Waals surface area contributed by atoms with Crippen LogP contribution >= 0.6 is 23.1 Å². The highest BCUT2D eigenvalue weighted by Gasteiger charge is 2.18. The Bertz CT molecular complexity index is 964. The van der Waals surface area contributed by atoms with E-state index < -0.39 is 10.0 Å². The standard InChI is InChI=1S/C17H17ClN4O2S2/c1-2-15(12-6-4-3-5-7-12)21-16-9-8-13(10-14(16)18)26(23,24)22-17-19-11-20-25-17/h3-11,15,21H,2H2,1H3,(H,19,20,22)/t15-/m1/s1. The second kappa shape index (κ2) is 8.03. The molecule has 0 unspecified atom stereocenters. The molecule has 26 heavy (non-hydrogen) atoms. The minimum absolute atomic E-state index is 0.0657. The van der Waals surface area contributed by atoms with E-state index in [-0.39, 0.29) is 16.1 Å². The second-order valence-electron chi connectivity index (χ2n) is 5.51. The maximum Gasteiger partial charge on any atom is 0.263 e. The fourth-order valence-corrected chi connectivity index (χ4v) is 4.45. The number of halogens is 1. The van der Waals surface area contributed by atoms with Crippen LogP contribution in [0.15, 0.2) is 59.8 Å². The molecule has 0 fully saturated rings. The highest BCUT2D eigenvalue weighted by Crippen LogP contribution is 2.30. The summed E-state index contributed by atoms with van der Waals surface area (Å²) >= 11 is 7.29. The van der Waals surface area contributed by atoms with Crippen molar-refractivity contribution in [3.63, 3.8) is 0 Å². The van der Waals surface area contributed by atoms with E-state index in [0.29, 0.717) is 10.7 Å². The van der Waals surface area contributed by atoms with Gasteiger partial charge in [0.05, 0.1) is 21.6 Å². The van der Waals surface area contributed by atoms with Gasteiger partial charge in [-0.25, -0.2) is 13.4 Å². The minimum Gasteiger partial charge on any atom is -0.377 e. The first-order valence-electron chi connectivity index (χ1n) is 7.90. The van der Waals surface area contributed by atoms with Crippen LogP contribution in [-0.2, 0) is 10.0 Å². The maximum atomic E-state index is 12.4. The average Bonchev–Trinajstić information content (AvgIpc) is 3.13. The van der Waals surface area contributed by atoms with Gasteiger partial charge in [-0.15, -0.1) is 0 Å². The number of benzene rings is 2. The van der Waals surface area contributed by atoms with Gasteiger partial charge in [-0.2, -0.15) is 4.37 Å². The Hall–Kier alpha value is -2.16. The molecule has 3 aromatic rings. The fraction of sp³-hybridized carbons (Fsp3) is 0.176. The van der Waals surface area contributed by atoms with Gasteiger partial charge >= 0.3 is 0 Å². The summed E-state index contributed by atoms with van der Waals surface area (Å²) in [6, 6.07) is 14.7. The van der Waals surface area contributed by atoms with Crippen LogP contribution in [0.1, 0.15) is 24.9 Å². The maximum absolute atomic E-state index is 12.4. The predicted molar refractivity (Wildman–Crippen MR) is 105 cm³/mol. The molecule has 6 nitrogen and oxygen atoms in total. The van der Waals surface area contributed by atoms with Crippen LogP contribution < -0.4 is 10.0 Å². The Morgan fingerprint density at radius 2 is 1.96 bits per heavy atom. The molecule has 0 saturated heterocycles. The van der Waals surface area contributed by atoms with Gasteiger partial charge in [0.2, 0.25) is 5.13 Å². The Balaban J connectivity index is 1.81. The third kappa shape index (κ3) is 4.32. The average molecular weight is 409 g/mol. The molecule has 0 aliphatic carbocycles. The van der Waals surface area contributed by atoms with E-state index in [1.54, 1.807) is 6.07 Å². The summed E-state index contributed by atoms with van der Waals surface area (Å²) in [7, 11) is -3.76. The van der Waals surface area contributed by atoms with Crippen LogP contribution in [0, 0.1) is 0 Å². The SMILES string of the molecule is CC[C@@H](Nc1ccc(S(=O)(=O)Nc2ncns2)cc1Cl)c1ccccc1. The lowest BCUT2D eigenvalue weighted by molar-refractivity contribution is 0.601. The molecule has 0 aliphatic heterocycles. The normalized spacial score (nSPS) is 12.5. The molecule has 136 valence electrons. The Kier molecular flexibility index (Phi) is 5.75. The van der Waals surface area contributed by atoms with E-state index in [0.717, 1.165) is 23.5 Å². The second-order valence-corrected chi connectivity index (χ2v) is 8.38. The zero-order chi connectivity index (χ0) is 18.6. The largest absolute Gasteiger partial charge is 0.377 e. The summed E-state index contributed by atoms with van der Waals surface area (Å²) in [5, 5.41) is 3.91. The number of aromatic nitrogens is 2. The Labute approximate surface area is 161 Å². The van der Waals surface area contributed by atoms with Gasteiger partial charge < -0.3 is 5.32 Å². The van der Waals surface area contributed by atoms with E-state index >= 15 is 0 Å². The Morgan fingerprint density at radius 3 is 2.58 bits per heavy atom. The highest BCUT2D eigenvalue weighted by molar-refractivity contribution is 7.93. The van der Waals surface area contributed by atoms with Gasteiger partial charge in [-0.05, 0) is 30.2 Å². The lowest BCUT2D eigenvalue weighted by Gasteiger charge is -2.20. The molecule has 1 heterocycles. The molecule has 0 radical (unpaired) electrons. The molecular formula is C17H17ClN4O2S2. The molecule has 0 saturated carbocycles. The van der Waals surface area contributed by atoms with Crippen LogP contribution in [0.25, 0.3) is 0 Å². The van der Waals surface area contributed by atoms with Gasteiger partial charge in [0.15, 0.2) is 0 Å². The first kappa shape index (κ1) is 18.6. The van der Waals surface area contributed by atoms with Crippen molar-refractivity contribution in [2.75, 3.05) is 10.0 Å². The van der Waals surface area contributed by atoms with Gasteiger partial charge in [0, 0.05) is 11.5 Å². The van der Waals surface area contributed by atoms with Crippen LogP contribution in [0.5, 0.6) is 0 Å². The lowest BCUT2D eigenvalue weighted by atomic mass is 10.0. The fourth-order valence-electron chi connectivity index (χ4n) is 2.47. The summed E-state index contributed by atoms with van der Waals surface area (Å²) in [5.74, 6) is 0. The quantitative estimate of drug-likeness (QED) is 0.598. The van der Waals surface area contributed by atoms with Crippen LogP contribution in [0.4, 0.5) is 10.8 Å². The van der Waals surface area contributed by atoms with Gasteiger partial charge in [0.1, 0.15) is 6.33 Å². The number of rotatable bonds is 7. The molecule has 1 aromatic heterocycles. The van der Waals surface area contributed by atoms with E-state index in [1.165, 1.54) is 18.5 Å². The van der Waals surface area contributed by atoms with E-state index in [4.69, 9.17) is 11.6 Å². The van der Waals surface area contributed by atoms with Gasteiger partial charge in [-0.1, -0.05) is 48.9 Å². The predicted octanol–water partition coefficient (Wildman–Crippen LogP) is 4.56. The van der Waals surface area contributed by atoms with Gasteiger partial charge in [0.25, 0.3) is 10.0 Å². The number of nitrogens with one attached hydrogen (secondary N) is 2.